The quantitative estimate of drug-likeness (QED) is 0.766. The van der Waals surface area contributed by atoms with Crippen molar-refractivity contribution in [1.29, 1.82) is 0 Å². The number of nitrogens with zero attached hydrogens (tertiary/aromatic N) is 1. The Morgan fingerprint density at radius 3 is 2.52 bits per heavy atom. The number of nitrogens with one attached hydrogen (secondary N) is 1. The molecule has 1 heterocycles. The molecule has 1 aliphatic carbocycles. The lowest BCUT2D eigenvalue weighted by molar-refractivity contribution is -0.134. The van der Waals surface area contributed by atoms with Gasteiger partial charge in [0.25, 0.3) is 5.91 Å². The van der Waals surface area contributed by atoms with Crippen molar-refractivity contribution in [1.82, 2.24) is 10.2 Å². The normalized spacial score (nSPS) is 14.7. The van der Waals surface area contributed by atoms with E-state index in [4.69, 9.17) is 0 Å². The van der Waals surface area contributed by atoms with Crippen LogP contribution in [0.3, 0.4) is 0 Å². The van der Waals surface area contributed by atoms with E-state index in [-0.39, 0.29) is 30.1 Å². The van der Waals surface area contributed by atoms with Gasteiger partial charge in [0, 0.05) is 25.6 Å². The third-order valence-corrected chi connectivity index (χ3v) is 5.84. The first kappa shape index (κ1) is 19.5. The van der Waals surface area contributed by atoms with E-state index in [1.54, 1.807) is 18.2 Å². The maximum atomic E-state index is 13.2. The van der Waals surface area contributed by atoms with Crippen LogP contribution in [0.4, 0.5) is 4.39 Å². The lowest BCUT2D eigenvalue weighted by Gasteiger charge is -2.34. The molecule has 1 aromatic carbocycles. The summed E-state index contributed by atoms with van der Waals surface area (Å²) in [5.41, 5.74) is 0.929. The van der Waals surface area contributed by atoms with Gasteiger partial charge in [-0.3, -0.25) is 9.59 Å². The van der Waals surface area contributed by atoms with Crippen molar-refractivity contribution in [2.45, 2.75) is 51.1 Å². The Bertz CT molecular complexity index is 740. The zero-order chi connectivity index (χ0) is 19.1. The first-order valence-corrected chi connectivity index (χ1v) is 10.4. The SMILES string of the molecule is O=C(NCCC(=O)N(Cc1ccc(F)cc1)C1CCCCC1)c1cccs1. The highest BCUT2D eigenvalue weighted by Crippen LogP contribution is 2.25. The monoisotopic (exact) mass is 388 g/mol. The summed E-state index contributed by atoms with van der Waals surface area (Å²) in [5.74, 6) is -0.371. The summed E-state index contributed by atoms with van der Waals surface area (Å²) in [5, 5.41) is 4.67. The van der Waals surface area contributed by atoms with E-state index in [2.05, 4.69) is 5.32 Å². The van der Waals surface area contributed by atoms with Crippen LogP contribution in [0.1, 0.15) is 53.8 Å². The maximum Gasteiger partial charge on any atom is 0.261 e. The first-order chi connectivity index (χ1) is 13.1. The predicted molar refractivity (Wildman–Crippen MR) is 105 cm³/mol. The van der Waals surface area contributed by atoms with Crippen molar-refractivity contribution < 1.29 is 14.0 Å². The zero-order valence-corrected chi connectivity index (χ0v) is 16.1. The third-order valence-electron chi connectivity index (χ3n) is 4.97. The molecule has 0 unspecified atom stereocenters. The molecule has 0 spiro atoms. The predicted octanol–water partition coefficient (Wildman–Crippen LogP) is 4.37. The van der Waals surface area contributed by atoms with Crippen LogP contribution in [-0.4, -0.2) is 29.3 Å². The van der Waals surface area contributed by atoms with Crippen LogP contribution in [0, 0.1) is 5.82 Å². The second-order valence-electron chi connectivity index (χ2n) is 6.92. The van der Waals surface area contributed by atoms with E-state index >= 15 is 0 Å². The van der Waals surface area contributed by atoms with Crippen LogP contribution < -0.4 is 5.32 Å². The van der Waals surface area contributed by atoms with Gasteiger partial charge in [0.2, 0.25) is 5.91 Å². The molecule has 0 aliphatic heterocycles. The third kappa shape index (κ3) is 5.63. The molecule has 3 rings (SSSR count). The minimum Gasteiger partial charge on any atom is -0.351 e. The van der Waals surface area contributed by atoms with Crippen molar-refractivity contribution >= 4 is 23.2 Å². The van der Waals surface area contributed by atoms with E-state index in [9.17, 15) is 14.0 Å². The number of carbonyl (C=O) groups is 2. The van der Waals surface area contributed by atoms with Crippen LogP contribution in [0.2, 0.25) is 0 Å². The van der Waals surface area contributed by atoms with Crippen molar-refractivity contribution in [3.8, 4) is 0 Å². The zero-order valence-electron chi connectivity index (χ0n) is 15.3. The minimum absolute atomic E-state index is 0.0395. The topological polar surface area (TPSA) is 49.4 Å². The largest absolute Gasteiger partial charge is 0.351 e. The lowest BCUT2D eigenvalue weighted by atomic mass is 9.93. The summed E-state index contributed by atoms with van der Waals surface area (Å²) in [6.07, 6.45) is 5.77. The molecule has 0 atom stereocenters. The Kier molecular flexibility index (Phi) is 6.98. The summed E-state index contributed by atoms with van der Waals surface area (Å²) in [4.78, 5) is 27.5. The molecule has 0 radical (unpaired) electrons. The molecule has 1 saturated carbocycles. The number of carbonyl (C=O) groups excluding carboxylic acids is 2. The number of amides is 2. The van der Waals surface area contributed by atoms with Crippen molar-refractivity contribution in [2.75, 3.05) is 6.54 Å². The molecule has 2 amide bonds. The van der Waals surface area contributed by atoms with Gasteiger partial charge >= 0.3 is 0 Å². The average molecular weight is 389 g/mol. The summed E-state index contributed by atoms with van der Waals surface area (Å²) in [6.45, 7) is 0.810. The Morgan fingerprint density at radius 1 is 1.11 bits per heavy atom. The highest BCUT2D eigenvalue weighted by molar-refractivity contribution is 7.12. The molecule has 0 bridgehead atoms. The van der Waals surface area contributed by atoms with Crippen molar-refractivity contribution in [3.63, 3.8) is 0 Å². The Labute approximate surface area is 163 Å². The highest BCUT2D eigenvalue weighted by Gasteiger charge is 2.25. The van der Waals surface area contributed by atoms with Gasteiger partial charge < -0.3 is 10.2 Å². The van der Waals surface area contributed by atoms with Gasteiger partial charge in [-0.15, -0.1) is 11.3 Å². The molecule has 6 heteroatoms. The van der Waals surface area contributed by atoms with E-state index in [0.29, 0.717) is 18.0 Å². The van der Waals surface area contributed by atoms with Gasteiger partial charge in [0.05, 0.1) is 4.88 Å². The molecule has 144 valence electrons. The molecule has 0 saturated heterocycles. The van der Waals surface area contributed by atoms with Crippen LogP contribution in [0.25, 0.3) is 0 Å². The van der Waals surface area contributed by atoms with E-state index < -0.39 is 0 Å². The van der Waals surface area contributed by atoms with Crippen LogP contribution in [0.5, 0.6) is 0 Å². The fourth-order valence-corrected chi connectivity index (χ4v) is 4.16. The van der Waals surface area contributed by atoms with E-state index in [1.807, 2.05) is 16.3 Å². The molecule has 1 N–H and O–H groups in total. The summed E-state index contributed by atoms with van der Waals surface area (Å²) in [7, 11) is 0. The fraction of sp³-hybridized carbons (Fsp3) is 0.429. The number of hydrogen-bond acceptors (Lipinski definition) is 3. The molecule has 1 aliphatic rings. The van der Waals surface area contributed by atoms with E-state index in [1.165, 1.54) is 29.9 Å². The molecule has 27 heavy (non-hydrogen) atoms. The van der Waals surface area contributed by atoms with Crippen molar-refractivity contribution in [3.05, 3.63) is 58.0 Å². The molecular formula is C21H25FN2O2S. The van der Waals surface area contributed by atoms with Gasteiger partial charge in [-0.1, -0.05) is 37.5 Å². The number of hydrogen-bond donors (Lipinski definition) is 1. The minimum atomic E-state index is -0.273. The standard InChI is InChI=1S/C21H25FN2O2S/c22-17-10-8-16(9-11-17)15-24(18-5-2-1-3-6-18)20(25)12-13-23-21(26)19-7-4-14-27-19/h4,7-11,14,18H,1-3,5-6,12-13,15H2,(H,23,26). The number of benzene rings is 1. The second kappa shape index (κ2) is 9.65. The molecule has 4 nitrogen and oxygen atoms in total. The molecular weight excluding hydrogens is 363 g/mol. The Morgan fingerprint density at radius 2 is 1.85 bits per heavy atom. The number of thiophene rings is 1. The van der Waals surface area contributed by atoms with Crippen LogP contribution >= 0.6 is 11.3 Å². The van der Waals surface area contributed by atoms with Gasteiger partial charge in [-0.05, 0) is 42.0 Å². The maximum absolute atomic E-state index is 13.2. The summed E-state index contributed by atoms with van der Waals surface area (Å²) >= 11 is 1.38. The van der Waals surface area contributed by atoms with Gasteiger partial charge in [0.15, 0.2) is 0 Å². The highest BCUT2D eigenvalue weighted by atomic mass is 32.1. The van der Waals surface area contributed by atoms with Crippen molar-refractivity contribution in [2.24, 2.45) is 0 Å². The lowest BCUT2D eigenvalue weighted by Crippen LogP contribution is -2.42. The smallest absolute Gasteiger partial charge is 0.261 e. The van der Waals surface area contributed by atoms with Crippen LogP contribution in [0.15, 0.2) is 41.8 Å². The van der Waals surface area contributed by atoms with Gasteiger partial charge in [-0.25, -0.2) is 4.39 Å². The Hall–Kier alpha value is -2.21. The van der Waals surface area contributed by atoms with E-state index in [0.717, 1.165) is 31.2 Å². The fourth-order valence-electron chi connectivity index (χ4n) is 3.52. The Balaban J connectivity index is 1.59. The summed E-state index contributed by atoms with van der Waals surface area (Å²) < 4.78 is 13.2. The van der Waals surface area contributed by atoms with Crippen LogP contribution in [-0.2, 0) is 11.3 Å². The second-order valence-corrected chi connectivity index (χ2v) is 7.87. The summed E-state index contributed by atoms with van der Waals surface area (Å²) in [6, 6.07) is 10.2. The molecule has 1 fully saturated rings. The average Bonchev–Trinajstić information content (AvgIpc) is 3.23. The number of halogens is 1. The molecule has 1 aromatic heterocycles. The molecule has 2 aromatic rings. The number of rotatable bonds is 7. The van der Waals surface area contributed by atoms with Gasteiger partial charge in [0.1, 0.15) is 5.82 Å². The van der Waals surface area contributed by atoms with Gasteiger partial charge in [-0.2, -0.15) is 0 Å². The first-order valence-electron chi connectivity index (χ1n) is 9.49.